The van der Waals surface area contributed by atoms with Crippen LogP contribution in [0.15, 0.2) is 42.5 Å². The van der Waals surface area contributed by atoms with Crippen LogP contribution in [0.25, 0.3) is 0 Å². The van der Waals surface area contributed by atoms with Crippen LogP contribution < -0.4 is 15.8 Å². The lowest BCUT2D eigenvalue weighted by molar-refractivity contribution is -0.118. The van der Waals surface area contributed by atoms with E-state index in [9.17, 15) is 9.18 Å². The molecule has 0 saturated carbocycles. The van der Waals surface area contributed by atoms with Gasteiger partial charge in [0.1, 0.15) is 17.6 Å². The number of rotatable bonds is 4. The zero-order valence-electron chi connectivity index (χ0n) is 11.3. The van der Waals surface area contributed by atoms with E-state index in [0.29, 0.717) is 12.3 Å². The fourth-order valence-corrected chi connectivity index (χ4v) is 2.45. The number of benzene rings is 2. The van der Waals surface area contributed by atoms with Crippen molar-refractivity contribution in [2.75, 3.05) is 11.9 Å². The second kappa shape index (κ2) is 5.44. The molecule has 0 bridgehead atoms. The molecule has 1 aliphatic rings. The van der Waals surface area contributed by atoms with Crippen LogP contribution in [0, 0.1) is 5.82 Å². The molecule has 0 saturated heterocycles. The van der Waals surface area contributed by atoms with Crippen LogP contribution in [0.2, 0.25) is 0 Å². The largest absolute Gasteiger partial charge is 0.493 e. The van der Waals surface area contributed by atoms with Gasteiger partial charge in [-0.2, -0.15) is 0 Å². The highest BCUT2D eigenvalue weighted by Crippen LogP contribution is 2.29. The van der Waals surface area contributed by atoms with Gasteiger partial charge in [-0.15, -0.1) is 0 Å². The molecule has 5 heteroatoms. The standard InChI is InChI=1S/C16H15FN2O2/c17-12-2-1-3-13(9-12)19-15(16(18)20)11-4-5-14-10(8-11)6-7-21-14/h1-5,8-9,15,19H,6-7H2,(H2,18,20). The van der Waals surface area contributed by atoms with E-state index in [1.54, 1.807) is 18.2 Å². The fourth-order valence-electron chi connectivity index (χ4n) is 2.45. The summed E-state index contributed by atoms with van der Waals surface area (Å²) in [5.41, 5.74) is 7.78. The third-order valence-corrected chi connectivity index (χ3v) is 3.47. The smallest absolute Gasteiger partial charge is 0.244 e. The summed E-state index contributed by atoms with van der Waals surface area (Å²) in [6.45, 7) is 0.650. The van der Waals surface area contributed by atoms with E-state index in [4.69, 9.17) is 10.5 Å². The minimum atomic E-state index is -0.710. The van der Waals surface area contributed by atoms with Gasteiger partial charge in [0.15, 0.2) is 0 Å². The van der Waals surface area contributed by atoms with Gasteiger partial charge in [0.2, 0.25) is 5.91 Å². The molecule has 0 spiro atoms. The maximum atomic E-state index is 13.2. The van der Waals surface area contributed by atoms with Crippen LogP contribution in [0.3, 0.4) is 0 Å². The van der Waals surface area contributed by atoms with Crippen LogP contribution in [0.4, 0.5) is 10.1 Å². The normalized spacial score (nSPS) is 14.1. The monoisotopic (exact) mass is 286 g/mol. The maximum Gasteiger partial charge on any atom is 0.244 e. The van der Waals surface area contributed by atoms with Gasteiger partial charge in [-0.3, -0.25) is 4.79 Å². The van der Waals surface area contributed by atoms with Crippen molar-refractivity contribution < 1.29 is 13.9 Å². The number of carbonyl (C=O) groups excluding carboxylic acids is 1. The Hall–Kier alpha value is -2.56. The SMILES string of the molecule is NC(=O)C(Nc1cccc(F)c1)c1ccc2c(c1)CCO2. The molecule has 1 heterocycles. The molecule has 108 valence electrons. The number of amides is 1. The molecule has 3 rings (SSSR count). The van der Waals surface area contributed by atoms with Gasteiger partial charge in [0.05, 0.1) is 6.61 Å². The summed E-state index contributed by atoms with van der Waals surface area (Å²) in [4.78, 5) is 11.7. The lowest BCUT2D eigenvalue weighted by Crippen LogP contribution is -2.27. The summed E-state index contributed by atoms with van der Waals surface area (Å²) in [5.74, 6) is -0.0450. The second-order valence-electron chi connectivity index (χ2n) is 4.96. The summed E-state index contributed by atoms with van der Waals surface area (Å²) in [6.07, 6.45) is 0.814. The number of ether oxygens (including phenoxy) is 1. The molecule has 0 radical (unpaired) electrons. The molecule has 0 aliphatic carbocycles. The third-order valence-electron chi connectivity index (χ3n) is 3.47. The van der Waals surface area contributed by atoms with Gasteiger partial charge in [-0.25, -0.2) is 4.39 Å². The zero-order valence-corrected chi connectivity index (χ0v) is 11.3. The Bertz CT molecular complexity index is 688. The Morgan fingerprint density at radius 3 is 2.90 bits per heavy atom. The Morgan fingerprint density at radius 1 is 1.29 bits per heavy atom. The van der Waals surface area contributed by atoms with Crippen molar-refractivity contribution in [3.05, 3.63) is 59.4 Å². The molecule has 2 aromatic carbocycles. The third kappa shape index (κ3) is 2.81. The number of fused-ring (bicyclic) bond motifs is 1. The zero-order chi connectivity index (χ0) is 14.8. The lowest BCUT2D eigenvalue weighted by atomic mass is 10.0. The minimum absolute atomic E-state index is 0.370. The number of hydrogen-bond donors (Lipinski definition) is 2. The van der Waals surface area contributed by atoms with Crippen molar-refractivity contribution >= 4 is 11.6 Å². The first-order valence-corrected chi connectivity index (χ1v) is 6.70. The number of nitrogens with one attached hydrogen (secondary N) is 1. The first-order chi connectivity index (χ1) is 10.1. The van der Waals surface area contributed by atoms with Crippen molar-refractivity contribution in [2.45, 2.75) is 12.5 Å². The van der Waals surface area contributed by atoms with E-state index >= 15 is 0 Å². The molecule has 4 nitrogen and oxygen atoms in total. The number of hydrogen-bond acceptors (Lipinski definition) is 3. The molecule has 0 fully saturated rings. The molecule has 0 aromatic heterocycles. The van der Waals surface area contributed by atoms with Gasteiger partial charge in [-0.05, 0) is 41.5 Å². The van der Waals surface area contributed by atoms with E-state index in [1.165, 1.54) is 12.1 Å². The molecule has 3 N–H and O–H groups in total. The van der Waals surface area contributed by atoms with Crippen molar-refractivity contribution in [1.82, 2.24) is 0 Å². The molecule has 1 amide bonds. The van der Waals surface area contributed by atoms with Gasteiger partial charge < -0.3 is 15.8 Å². The van der Waals surface area contributed by atoms with Gasteiger partial charge in [0, 0.05) is 12.1 Å². The Kier molecular flexibility index (Phi) is 3.48. The molecular formula is C16H15FN2O2. The number of anilines is 1. The Labute approximate surface area is 121 Å². The number of nitrogens with two attached hydrogens (primary N) is 1. The number of primary amides is 1. The molecule has 2 aromatic rings. The first kappa shape index (κ1) is 13.4. The lowest BCUT2D eigenvalue weighted by Gasteiger charge is -2.18. The molecule has 1 unspecified atom stereocenters. The van der Waals surface area contributed by atoms with Gasteiger partial charge in [0.25, 0.3) is 0 Å². The van der Waals surface area contributed by atoms with Crippen LogP contribution >= 0.6 is 0 Å². The minimum Gasteiger partial charge on any atom is -0.493 e. The van der Waals surface area contributed by atoms with E-state index in [1.807, 2.05) is 12.1 Å². The van der Waals surface area contributed by atoms with E-state index in [2.05, 4.69) is 5.32 Å². The summed E-state index contributed by atoms with van der Waals surface area (Å²) in [6, 6.07) is 10.8. The highest BCUT2D eigenvalue weighted by Gasteiger charge is 2.21. The first-order valence-electron chi connectivity index (χ1n) is 6.70. The van der Waals surface area contributed by atoms with E-state index < -0.39 is 11.9 Å². The van der Waals surface area contributed by atoms with Crippen LogP contribution in [0.5, 0.6) is 5.75 Å². The fraction of sp³-hybridized carbons (Fsp3) is 0.188. The van der Waals surface area contributed by atoms with Crippen molar-refractivity contribution in [2.24, 2.45) is 5.73 Å². The maximum absolute atomic E-state index is 13.2. The Balaban J connectivity index is 1.89. The van der Waals surface area contributed by atoms with E-state index in [0.717, 1.165) is 23.3 Å². The predicted octanol–water partition coefficient (Wildman–Crippen LogP) is 2.40. The van der Waals surface area contributed by atoms with Crippen molar-refractivity contribution in [3.63, 3.8) is 0 Å². The summed E-state index contributed by atoms with van der Waals surface area (Å²) in [5, 5.41) is 2.97. The average Bonchev–Trinajstić information content (AvgIpc) is 2.92. The summed E-state index contributed by atoms with van der Waals surface area (Å²) >= 11 is 0. The topological polar surface area (TPSA) is 64.4 Å². The van der Waals surface area contributed by atoms with Crippen LogP contribution in [-0.2, 0) is 11.2 Å². The van der Waals surface area contributed by atoms with Crippen molar-refractivity contribution in [1.29, 1.82) is 0 Å². The summed E-state index contributed by atoms with van der Waals surface area (Å²) < 4.78 is 18.7. The average molecular weight is 286 g/mol. The highest BCUT2D eigenvalue weighted by atomic mass is 19.1. The summed E-state index contributed by atoms with van der Waals surface area (Å²) in [7, 11) is 0. The van der Waals surface area contributed by atoms with Crippen molar-refractivity contribution in [3.8, 4) is 5.75 Å². The predicted molar refractivity (Wildman–Crippen MR) is 77.6 cm³/mol. The van der Waals surface area contributed by atoms with Crippen LogP contribution in [0.1, 0.15) is 17.2 Å². The molecular weight excluding hydrogens is 271 g/mol. The molecule has 21 heavy (non-hydrogen) atoms. The quantitative estimate of drug-likeness (QED) is 0.907. The Morgan fingerprint density at radius 2 is 2.14 bits per heavy atom. The van der Waals surface area contributed by atoms with Crippen LogP contribution in [-0.4, -0.2) is 12.5 Å². The highest BCUT2D eigenvalue weighted by molar-refractivity contribution is 5.84. The molecule has 1 aliphatic heterocycles. The van der Waals surface area contributed by atoms with Gasteiger partial charge >= 0.3 is 0 Å². The molecule has 1 atom stereocenters. The number of carbonyl (C=O) groups is 1. The van der Waals surface area contributed by atoms with E-state index in [-0.39, 0.29) is 5.82 Å². The number of halogens is 1. The van der Waals surface area contributed by atoms with Gasteiger partial charge in [-0.1, -0.05) is 12.1 Å². The second-order valence-corrected chi connectivity index (χ2v) is 4.96.